The highest BCUT2D eigenvalue weighted by Crippen LogP contribution is 2.12. The number of nitrogens with one attached hydrogen (secondary N) is 2. The van der Waals surface area contributed by atoms with Crippen LogP contribution < -0.4 is 10.6 Å². The van der Waals surface area contributed by atoms with E-state index < -0.39 is 6.10 Å². The molecule has 108 valence electrons. The maximum absolute atomic E-state index is 11.5. The Morgan fingerprint density at radius 3 is 1.89 bits per heavy atom. The van der Waals surface area contributed by atoms with Gasteiger partial charge in [-0.1, -0.05) is 53.4 Å². The second-order valence-corrected chi connectivity index (χ2v) is 4.92. The molecule has 0 aromatic carbocycles. The normalized spacial score (nSPS) is 12.8. The number of rotatable bonds is 9. The van der Waals surface area contributed by atoms with Crippen molar-refractivity contribution in [3.05, 3.63) is 0 Å². The molecule has 0 saturated heterocycles. The highest BCUT2D eigenvalue weighted by atomic mass is 16.3. The molecular weight excluding hydrogens is 228 g/mol. The topological polar surface area (TPSA) is 61.4 Å². The third-order valence-corrected chi connectivity index (χ3v) is 3.77. The van der Waals surface area contributed by atoms with Crippen LogP contribution in [0.1, 0.15) is 53.4 Å². The number of amides is 2. The summed E-state index contributed by atoms with van der Waals surface area (Å²) in [5.41, 5.74) is 0. The summed E-state index contributed by atoms with van der Waals surface area (Å²) in [6.45, 7) is 9.42. The van der Waals surface area contributed by atoms with E-state index in [1.807, 2.05) is 0 Å². The molecular formula is C14H30N2O2. The Morgan fingerprint density at radius 2 is 1.44 bits per heavy atom. The molecule has 0 spiro atoms. The van der Waals surface area contributed by atoms with Crippen molar-refractivity contribution in [1.29, 1.82) is 0 Å². The van der Waals surface area contributed by atoms with Crippen molar-refractivity contribution in [2.45, 2.75) is 59.5 Å². The average molecular weight is 258 g/mol. The highest BCUT2D eigenvalue weighted by molar-refractivity contribution is 5.73. The van der Waals surface area contributed by atoms with Crippen LogP contribution in [0.3, 0.4) is 0 Å². The van der Waals surface area contributed by atoms with Gasteiger partial charge in [0, 0.05) is 13.1 Å². The Kier molecular flexibility index (Phi) is 9.74. The van der Waals surface area contributed by atoms with E-state index in [1.165, 1.54) is 0 Å². The summed E-state index contributed by atoms with van der Waals surface area (Å²) < 4.78 is 0. The van der Waals surface area contributed by atoms with Crippen LogP contribution in [-0.4, -0.2) is 30.3 Å². The van der Waals surface area contributed by atoms with E-state index in [9.17, 15) is 9.90 Å². The van der Waals surface area contributed by atoms with E-state index in [4.69, 9.17) is 0 Å². The number of aliphatic hydroxyl groups is 1. The number of urea groups is 1. The monoisotopic (exact) mass is 258 g/mol. The SMILES string of the molecule is CCC(CC)CNC(=O)NC[C@@H](O)C(CC)CC. The van der Waals surface area contributed by atoms with Gasteiger partial charge in [0.15, 0.2) is 0 Å². The molecule has 0 aromatic rings. The van der Waals surface area contributed by atoms with Gasteiger partial charge in [0.2, 0.25) is 0 Å². The van der Waals surface area contributed by atoms with Crippen LogP contribution in [0.5, 0.6) is 0 Å². The molecule has 18 heavy (non-hydrogen) atoms. The lowest BCUT2D eigenvalue weighted by Crippen LogP contribution is -2.43. The van der Waals surface area contributed by atoms with Crippen molar-refractivity contribution < 1.29 is 9.90 Å². The van der Waals surface area contributed by atoms with E-state index in [0.29, 0.717) is 19.0 Å². The largest absolute Gasteiger partial charge is 0.391 e. The lowest BCUT2D eigenvalue weighted by molar-refractivity contribution is 0.103. The van der Waals surface area contributed by atoms with Crippen LogP contribution in [0.15, 0.2) is 0 Å². The Labute approximate surface area is 112 Å². The molecule has 0 rings (SSSR count). The van der Waals surface area contributed by atoms with Crippen LogP contribution in [-0.2, 0) is 0 Å². The van der Waals surface area contributed by atoms with E-state index >= 15 is 0 Å². The maximum Gasteiger partial charge on any atom is 0.314 e. The molecule has 3 N–H and O–H groups in total. The van der Waals surface area contributed by atoms with Crippen molar-refractivity contribution in [3.8, 4) is 0 Å². The number of aliphatic hydroxyl groups excluding tert-OH is 1. The lowest BCUT2D eigenvalue weighted by Gasteiger charge is -2.21. The number of carbonyl (C=O) groups is 1. The Bertz CT molecular complexity index is 214. The average Bonchev–Trinajstić information content (AvgIpc) is 2.39. The van der Waals surface area contributed by atoms with Gasteiger partial charge >= 0.3 is 6.03 Å². The smallest absolute Gasteiger partial charge is 0.314 e. The fourth-order valence-electron chi connectivity index (χ4n) is 2.07. The zero-order chi connectivity index (χ0) is 14.0. The first-order chi connectivity index (χ1) is 8.58. The molecule has 1 atom stereocenters. The van der Waals surface area contributed by atoms with Crippen molar-refractivity contribution >= 4 is 6.03 Å². The van der Waals surface area contributed by atoms with Gasteiger partial charge in [0.1, 0.15) is 0 Å². The third kappa shape index (κ3) is 6.84. The molecule has 0 radical (unpaired) electrons. The van der Waals surface area contributed by atoms with Gasteiger partial charge in [0.25, 0.3) is 0 Å². The Morgan fingerprint density at radius 1 is 0.944 bits per heavy atom. The van der Waals surface area contributed by atoms with Gasteiger partial charge in [-0.05, 0) is 11.8 Å². The highest BCUT2D eigenvalue weighted by Gasteiger charge is 2.16. The maximum atomic E-state index is 11.5. The molecule has 0 fully saturated rings. The molecule has 4 heteroatoms. The van der Waals surface area contributed by atoms with E-state index in [2.05, 4.69) is 38.3 Å². The fourth-order valence-corrected chi connectivity index (χ4v) is 2.07. The first-order valence-electron chi connectivity index (χ1n) is 7.28. The molecule has 0 heterocycles. The van der Waals surface area contributed by atoms with Crippen molar-refractivity contribution in [1.82, 2.24) is 10.6 Å². The summed E-state index contributed by atoms with van der Waals surface area (Å²) in [6, 6.07) is -0.174. The third-order valence-electron chi connectivity index (χ3n) is 3.77. The molecule has 2 amide bonds. The summed E-state index contributed by atoms with van der Waals surface area (Å²) in [7, 11) is 0. The van der Waals surface area contributed by atoms with Gasteiger partial charge in [0.05, 0.1) is 6.10 Å². The molecule has 0 aliphatic heterocycles. The zero-order valence-electron chi connectivity index (χ0n) is 12.3. The van der Waals surface area contributed by atoms with Crippen LogP contribution in [0.4, 0.5) is 4.79 Å². The van der Waals surface area contributed by atoms with Crippen molar-refractivity contribution in [3.63, 3.8) is 0 Å². The lowest BCUT2D eigenvalue weighted by atomic mass is 9.97. The minimum Gasteiger partial charge on any atom is -0.391 e. The number of carbonyl (C=O) groups excluding carboxylic acids is 1. The molecule has 0 bridgehead atoms. The molecule has 0 saturated carbocycles. The van der Waals surface area contributed by atoms with E-state index in [0.717, 1.165) is 25.7 Å². The standard InChI is InChI=1S/C14H30N2O2/c1-5-11(6-2)9-15-14(18)16-10-13(17)12(7-3)8-4/h11-13,17H,5-10H2,1-4H3,(H2,15,16,18)/t13-/m1/s1. The van der Waals surface area contributed by atoms with Gasteiger partial charge in [-0.2, -0.15) is 0 Å². The first kappa shape index (κ1) is 17.2. The summed E-state index contributed by atoms with van der Waals surface area (Å²) in [5, 5.41) is 15.5. The van der Waals surface area contributed by atoms with Gasteiger partial charge in [-0.15, -0.1) is 0 Å². The first-order valence-corrected chi connectivity index (χ1v) is 7.28. The van der Waals surface area contributed by atoms with E-state index in [-0.39, 0.29) is 11.9 Å². The van der Waals surface area contributed by atoms with Crippen LogP contribution in [0.25, 0.3) is 0 Å². The number of hydrogen-bond acceptors (Lipinski definition) is 2. The molecule has 0 aliphatic rings. The van der Waals surface area contributed by atoms with Gasteiger partial charge in [-0.25, -0.2) is 4.79 Å². The molecule has 0 aliphatic carbocycles. The van der Waals surface area contributed by atoms with Crippen molar-refractivity contribution in [2.75, 3.05) is 13.1 Å². The molecule has 0 unspecified atom stereocenters. The quantitative estimate of drug-likeness (QED) is 0.595. The molecule has 4 nitrogen and oxygen atoms in total. The van der Waals surface area contributed by atoms with E-state index in [1.54, 1.807) is 0 Å². The summed E-state index contributed by atoms with van der Waals surface area (Å²) in [4.78, 5) is 11.5. The molecule has 0 aromatic heterocycles. The van der Waals surface area contributed by atoms with Gasteiger partial charge < -0.3 is 15.7 Å². The second-order valence-electron chi connectivity index (χ2n) is 4.92. The summed E-state index contributed by atoms with van der Waals surface area (Å²) >= 11 is 0. The predicted molar refractivity (Wildman–Crippen MR) is 75.6 cm³/mol. The zero-order valence-corrected chi connectivity index (χ0v) is 12.3. The summed E-state index contributed by atoms with van der Waals surface area (Å²) in [6.07, 6.45) is 3.59. The van der Waals surface area contributed by atoms with Crippen LogP contribution >= 0.6 is 0 Å². The number of hydrogen-bond donors (Lipinski definition) is 3. The minimum atomic E-state index is -0.445. The predicted octanol–water partition coefficient (Wildman–Crippen LogP) is 2.52. The fraction of sp³-hybridized carbons (Fsp3) is 0.929. The Hall–Kier alpha value is -0.770. The van der Waals surface area contributed by atoms with Crippen LogP contribution in [0.2, 0.25) is 0 Å². The summed E-state index contributed by atoms with van der Waals surface area (Å²) in [5.74, 6) is 0.809. The minimum absolute atomic E-state index is 0.174. The Balaban J connectivity index is 3.82. The van der Waals surface area contributed by atoms with Gasteiger partial charge in [-0.3, -0.25) is 0 Å². The van der Waals surface area contributed by atoms with Crippen LogP contribution in [0, 0.1) is 11.8 Å². The van der Waals surface area contributed by atoms with Crippen molar-refractivity contribution in [2.24, 2.45) is 11.8 Å². The second kappa shape index (κ2) is 10.2.